The third kappa shape index (κ3) is 5.10. The first-order valence-electron chi connectivity index (χ1n) is 45.7. The number of ether oxygens (including phenoxy) is 3. The molecule has 5 aliphatic rings. The van der Waals surface area contributed by atoms with Crippen molar-refractivity contribution >= 4 is 374 Å². The highest BCUT2D eigenvalue weighted by Gasteiger charge is 2.94. The molecule has 36 aromatic carbocycles. The lowest BCUT2D eigenvalue weighted by atomic mass is 9.68. The minimum Gasteiger partial charge on any atom is -0.457 e. The number of nitriles is 8. The lowest BCUT2D eigenvalue weighted by molar-refractivity contribution is -0.134. The molecule has 5 aliphatic carbocycles. The van der Waals surface area contributed by atoms with Crippen LogP contribution in [0.2, 0.25) is 0 Å². The first kappa shape index (κ1) is 63.9. The molecule has 592 valence electrons. The number of nitrogens with zero attached hydrogens (tertiary/aromatic N) is 8. The Balaban J connectivity index is 0.524. The second-order valence-electron chi connectivity index (χ2n) is 40.5. The molecule has 0 aromatic heterocycles. The molecule has 0 radical (unpaired) electrons. The van der Waals surface area contributed by atoms with Gasteiger partial charge in [-0.25, -0.2) is 9.59 Å². The SMILES string of the molecule is N#CC(C#N)=c1c2ccccc2c(=C(C#N)C#N)c2cc(COC(=O)c3cc(OC(=O)CCCC4(c5ccccc5)C56c7c8c9c%10c%11c%12c(c%13c%14c5c5c7c7c%15c8c8c9c9c%11c%11c%16c%12c%12c%13c%13c%14c%14c5c5c7c7c%15c%15c8c8c9c%11c9c%11c%16c%12c%12c%13c%13c%14c5c5c7c7c%15c8c9c8c%11c%12c%13c5c78)C%1046)cc(C(=O)OCc4ccc5c(=C(C#N)C#N)c6ccccc6c(=C(C#N)C#N)c5c4)c3)ccc12. The molecular formula is C121H32N8O6. The number of hydrogen-bond acceptors (Lipinski definition) is 14. The van der Waals surface area contributed by atoms with Gasteiger partial charge in [0.05, 0.1) is 11.1 Å². The lowest BCUT2D eigenvalue weighted by Gasteiger charge is -2.32. The van der Waals surface area contributed by atoms with Gasteiger partial charge in [0.25, 0.3) is 0 Å². The molecule has 36 aromatic rings. The van der Waals surface area contributed by atoms with Gasteiger partial charge in [0.15, 0.2) is 0 Å². The van der Waals surface area contributed by atoms with Crippen molar-refractivity contribution in [1.82, 2.24) is 0 Å². The van der Waals surface area contributed by atoms with Crippen LogP contribution >= 0.6 is 0 Å². The molecular weight excluding hydrogens is 1660 g/mol. The molecule has 135 heavy (non-hydrogen) atoms. The maximum Gasteiger partial charge on any atom is 0.338 e. The predicted octanol–water partition coefficient (Wildman–Crippen LogP) is 24.1. The zero-order chi connectivity index (χ0) is 87.3. The van der Waals surface area contributed by atoms with Crippen LogP contribution in [-0.2, 0) is 43.7 Å². The molecule has 0 amide bonds. The third-order valence-electron chi connectivity index (χ3n) is 37.2. The van der Waals surface area contributed by atoms with Gasteiger partial charge >= 0.3 is 17.9 Å². The van der Waals surface area contributed by atoms with Crippen molar-refractivity contribution in [2.45, 2.75) is 48.7 Å². The zero-order valence-corrected chi connectivity index (χ0v) is 69.3. The first-order valence-corrected chi connectivity index (χ1v) is 45.7. The topological polar surface area (TPSA) is 269 Å². The van der Waals surface area contributed by atoms with Crippen LogP contribution in [0, 0.1) is 90.6 Å². The zero-order valence-electron chi connectivity index (χ0n) is 69.3. The van der Waals surface area contributed by atoms with E-state index >= 15 is 14.4 Å². The number of benzene rings is 26. The Bertz CT molecular complexity index is 11900. The van der Waals surface area contributed by atoms with Gasteiger partial charge in [-0.05, 0) is 416 Å². The number of carbonyl (C=O) groups is 3. The second kappa shape index (κ2) is 18.3. The smallest absolute Gasteiger partial charge is 0.338 e. The lowest BCUT2D eigenvalue weighted by Crippen LogP contribution is -2.27. The van der Waals surface area contributed by atoms with E-state index in [2.05, 4.69) is 30.3 Å². The number of esters is 3. The molecule has 1 saturated carbocycles. The van der Waals surface area contributed by atoms with Gasteiger partial charge < -0.3 is 14.2 Å². The van der Waals surface area contributed by atoms with Crippen molar-refractivity contribution in [2.24, 2.45) is 0 Å². The standard InChI is InChI=1S/C121H32N8O6/c122-26-40(27-123)55-46-11-4-6-13-48(46)57(42(30-126)31-127)52-21-36(16-18-50(52)55)34-133-117(131)38-23-39(118(132)134-35-37-17-19-51-53(22-37)58(43(32-128)33-129)49-14-7-5-12-47(49)56(51)41(28-124)29-125)25-45(24-38)135-54(130)15-8-20-119(44-9-2-1-3-10-44)120-113-105-97-87-77-69-61-59-60-63-67-65(61)73-81-75(67)85-79-71(63)72-64(60)68-66-62(59)70(69)78-84-74(66)82-76(68)86-80(72)90-89(79)99-93(85)103-95(81)101(91(97)83(73)77)109(113)111(103)115-107(99)108-100(90)94(86)104-96(82)102-92(84)98(88(78)87)106(105)114(120)110(102)112(104)116(108)121(115,119)120/h1-7,9-14,16-19,21-25H,8,15,20,34-35H2. The summed E-state index contributed by atoms with van der Waals surface area (Å²) in [6, 6.07) is 55.7. The Morgan fingerprint density at radius 3 is 0.733 bits per heavy atom. The summed E-state index contributed by atoms with van der Waals surface area (Å²) in [7, 11) is 0. The summed E-state index contributed by atoms with van der Waals surface area (Å²) in [5.74, 6) is -2.57. The largest absolute Gasteiger partial charge is 0.457 e. The highest BCUT2D eigenvalue weighted by molar-refractivity contribution is 6.83. The summed E-state index contributed by atoms with van der Waals surface area (Å²) < 4.78 is 19.1. The quantitative estimate of drug-likeness (QED) is 0.0476. The van der Waals surface area contributed by atoms with Crippen LogP contribution in [0.1, 0.15) is 78.9 Å². The second-order valence-corrected chi connectivity index (χ2v) is 40.5. The average Bonchev–Trinajstić information content (AvgIpc) is 1.35. The Labute approximate surface area is 747 Å². The van der Waals surface area contributed by atoms with E-state index in [1.165, 1.54) is 326 Å². The summed E-state index contributed by atoms with van der Waals surface area (Å²) in [4.78, 5) is 46.6. The first-order chi connectivity index (χ1) is 66.6. The number of carbonyl (C=O) groups excluding carboxylic acids is 3. The molecule has 0 atom stereocenters. The van der Waals surface area contributed by atoms with Crippen LogP contribution in [-0.4, -0.2) is 17.9 Å². The molecule has 0 heterocycles. The molecule has 0 bridgehead atoms. The summed E-state index contributed by atoms with van der Waals surface area (Å²) in [6.45, 7) is -0.802. The number of rotatable bonds is 12. The van der Waals surface area contributed by atoms with Gasteiger partial charge in [-0.1, -0.05) is 103 Å². The molecule has 41 rings (SSSR count). The summed E-state index contributed by atoms with van der Waals surface area (Å²) in [5, 5.41) is 169. The van der Waals surface area contributed by atoms with E-state index in [0.29, 0.717) is 77.5 Å². The van der Waals surface area contributed by atoms with E-state index in [1.54, 1.807) is 95.7 Å². The number of fused-ring (bicyclic) bond motifs is 4. The summed E-state index contributed by atoms with van der Waals surface area (Å²) >= 11 is 0. The summed E-state index contributed by atoms with van der Waals surface area (Å²) in [6.07, 6.45) is 0.905. The van der Waals surface area contributed by atoms with E-state index in [0.717, 1.165) is 0 Å². The van der Waals surface area contributed by atoms with Crippen molar-refractivity contribution in [3.05, 3.63) is 204 Å². The fourth-order valence-electron chi connectivity index (χ4n) is 34.7. The van der Waals surface area contributed by atoms with Crippen LogP contribution in [0.25, 0.3) is 356 Å². The van der Waals surface area contributed by atoms with Crippen LogP contribution in [0.3, 0.4) is 0 Å². The van der Waals surface area contributed by atoms with E-state index in [-0.39, 0.29) is 56.0 Å². The highest BCUT2D eigenvalue weighted by Crippen LogP contribution is 2.97. The van der Waals surface area contributed by atoms with Crippen molar-refractivity contribution in [3.63, 3.8) is 0 Å². The van der Waals surface area contributed by atoms with Crippen LogP contribution in [0.15, 0.2) is 133 Å². The van der Waals surface area contributed by atoms with Gasteiger partial charge in [-0.2, -0.15) is 42.1 Å². The minimum absolute atomic E-state index is 0.0620. The molecule has 1 fully saturated rings. The maximum atomic E-state index is 16.1. The van der Waals surface area contributed by atoms with E-state index in [9.17, 15) is 42.1 Å². The number of hydrogen-bond donors (Lipinski definition) is 0. The maximum absolute atomic E-state index is 16.1. The molecule has 14 heteroatoms. The molecule has 14 nitrogen and oxygen atoms in total. The minimum atomic E-state index is -0.927. The fourth-order valence-corrected chi connectivity index (χ4v) is 34.7. The van der Waals surface area contributed by atoms with E-state index in [1.807, 2.05) is 48.6 Å². The van der Waals surface area contributed by atoms with Crippen molar-refractivity contribution in [3.8, 4) is 54.3 Å². The Morgan fingerprint density at radius 1 is 0.252 bits per heavy atom. The predicted molar refractivity (Wildman–Crippen MR) is 526 cm³/mol. The Morgan fingerprint density at radius 2 is 0.481 bits per heavy atom. The molecule has 0 saturated heterocycles. The molecule has 0 unspecified atom stereocenters. The van der Waals surface area contributed by atoms with Gasteiger partial charge in [0, 0.05) is 43.5 Å². The highest BCUT2D eigenvalue weighted by atomic mass is 16.5. The fraction of sp³-hybridized carbons (Fsp3) is 0.0661. The Hall–Kier alpha value is -18.9. The summed E-state index contributed by atoms with van der Waals surface area (Å²) in [5.41, 5.74) is 4.94. The van der Waals surface area contributed by atoms with Crippen molar-refractivity contribution in [1.29, 1.82) is 42.1 Å². The van der Waals surface area contributed by atoms with Crippen LogP contribution < -0.4 is 25.6 Å². The molecule has 0 N–H and O–H groups in total. The van der Waals surface area contributed by atoms with Crippen molar-refractivity contribution < 1.29 is 28.6 Å². The monoisotopic (exact) mass is 1690 g/mol. The van der Waals surface area contributed by atoms with Gasteiger partial charge in [-0.15, -0.1) is 0 Å². The van der Waals surface area contributed by atoms with Gasteiger partial charge in [-0.3, -0.25) is 4.79 Å². The Kier molecular flexibility index (Phi) is 8.66. The molecule has 0 aliphatic heterocycles. The average molecular weight is 1690 g/mol. The van der Waals surface area contributed by atoms with Crippen LogP contribution in [0.4, 0.5) is 0 Å². The van der Waals surface area contributed by atoms with Crippen LogP contribution in [0.5, 0.6) is 5.75 Å². The van der Waals surface area contributed by atoms with Gasteiger partial charge in [0.2, 0.25) is 0 Å². The normalized spacial score (nSPS) is 17.6. The van der Waals surface area contributed by atoms with Gasteiger partial charge in [0.1, 0.15) is 89.8 Å². The third-order valence-corrected chi connectivity index (χ3v) is 37.2. The van der Waals surface area contributed by atoms with E-state index < -0.39 is 47.4 Å². The molecule has 2 spiro atoms. The van der Waals surface area contributed by atoms with E-state index in [4.69, 9.17) is 14.2 Å². The van der Waals surface area contributed by atoms with Crippen molar-refractivity contribution in [2.75, 3.05) is 0 Å².